The van der Waals surface area contributed by atoms with Gasteiger partial charge in [-0.05, 0) is 66.4 Å². The van der Waals surface area contributed by atoms with Crippen molar-refractivity contribution in [1.82, 2.24) is 4.90 Å². The maximum absolute atomic E-state index is 5.61. The van der Waals surface area contributed by atoms with Crippen LogP contribution in [0.2, 0.25) is 0 Å². The van der Waals surface area contributed by atoms with Crippen molar-refractivity contribution in [1.29, 1.82) is 0 Å². The van der Waals surface area contributed by atoms with Crippen LogP contribution in [0.25, 0.3) is 0 Å². The standard InChI is InChI=1S/C25H40N2O.ClH/c1-24(2)15-20(16-25(3,4)18-24)22-9-8-21(28-5)14-23(22)27-12-10-26(11-13-27)17-19-6-7-19;/h8-9,14,19-20H,6-7,10-13,15-18H2,1-5H3;1H. The molecule has 4 heteroatoms. The number of piperazine rings is 1. The SMILES string of the molecule is COc1ccc(C2CC(C)(C)CC(C)(C)C2)c(N2CCN(CC3CC3)CC2)c1.Cl. The van der Waals surface area contributed by atoms with Gasteiger partial charge in [-0.2, -0.15) is 0 Å². The maximum atomic E-state index is 5.61. The lowest BCUT2D eigenvalue weighted by molar-refractivity contribution is 0.0969. The fourth-order valence-electron chi connectivity index (χ4n) is 6.17. The third kappa shape index (κ3) is 5.61. The summed E-state index contributed by atoms with van der Waals surface area (Å²) in [6.07, 6.45) is 6.80. The first kappa shape index (κ1) is 22.7. The van der Waals surface area contributed by atoms with Crippen LogP contribution in [0.15, 0.2) is 18.2 Å². The normalized spacial score (nSPS) is 24.8. The summed E-state index contributed by atoms with van der Waals surface area (Å²) in [4.78, 5) is 5.32. The zero-order valence-electron chi connectivity index (χ0n) is 19.2. The summed E-state index contributed by atoms with van der Waals surface area (Å²) >= 11 is 0. The molecule has 0 unspecified atom stereocenters. The molecule has 1 heterocycles. The number of nitrogens with zero attached hydrogens (tertiary/aromatic N) is 2. The zero-order chi connectivity index (χ0) is 19.9. The van der Waals surface area contributed by atoms with Crippen LogP contribution in [-0.4, -0.2) is 44.7 Å². The molecule has 0 atom stereocenters. The van der Waals surface area contributed by atoms with Crippen molar-refractivity contribution in [3.63, 3.8) is 0 Å². The quantitative estimate of drug-likeness (QED) is 0.583. The molecule has 0 N–H and O–H groups in total. The van der Waals surface area contributed by atoms with E-state index in [9.17, 15) is 0 Å². The highest BCUT2D eigenvalue weighted by Crippen LogP contribution is 2.53. The van der Waals surface area contributed by atoms with Gasteiger partial charge in [0, 0.05) is 44.5 Å². The lowest BCUT2D eigenvalue weighted by atomic mass is 9.60. The monoisotopic (exact) mass is 420 g/mol. The Labute approximate surface area is 184 Å². The van der Waals surface area contributed by atoms with Crippen molar-refractivity contribution in [3.8, 4) is 5.75 Å². The van der Waals surface area contributed by atoms with Gasteiger partial charge < -0.3 is 9.64 Å². The van der Waals surface area contributed by atoms with E-state index in [0.29, 0.717) is 16.7 Å². The van der Waals surface area contributed by atoms with Crippen molar-refractivity contribution in [3.05, 3.63) is 23.8 Å². The Kier molecular flexibility index (Phi) is 6.80. The molecule has 0 bridgehead atoms. The minimum atomic E-state index is 0. The summed E-state index contributed by atoms with van der Waals surface area (Å²) in [5.74, 6) is 2.63. The Morgan fingerprint density at radius 3 is 2.14 bits per heavy atom. The highest BCUT2D eigenvalue weighted by Gasteiger charge is 2.40. The highest BCUT2D eigenvalue weighted by atomic mass is 35.5. The number of rotatable bonds is 5. The summed E-state index contributed by atoms with van der Waals surface area (Å²) in [6.45, 7) is 15.9. The van der Waals surface area contributed by atoms with Crippen molar-refractivity contribution in [2.75, 3.05) is 44.7 Å². The number of methoxy groups -OCH3 is 1. The molecular formula is C25H41ClN2O. The van der Waals surface area contributed by atoms with Crippen LogP contribution in [-0.2, 0) is 0 Å². The Morgan fingerprint density at radius 2 is 1.59 bits per heavy atom. The number of hydrogen-bond acceptors (Lipinski definition) is 3. The van der Waals surface area contributed by atoms with Crippen LogP contribution in [0.4, 0.5) is 5.69 Å². The van der Waals surface area contributed by atoms with E-state index >= 15 is 0 Å². The lowest BCUT2D eigenvalue weighted by Crippen LogP contribution is -2.47. The van der Waals surface area contributed by atoms with Gasteiger partial charge in [0.2, 0.25) is 0 Å². The van der Waals surface area contributed by atoms with E-state index in [1.807, 2.05) is 0 Å². The van der Waals surface area contributed by atoms with Gasteiger partial charge in [-0.3, -0.25) is 4.90 Å². The van der Waals surface area contributed by atoms with Gasteiger partial charge in [0.1, 0.15) is 5.75 Å². The van der Waals surface area contributed by atoms with Gasteiger partial charge in [-0.15, -0.1) is 12.4 Å². The predicted molar refractivity (Wildman–Crippen MR) is 126 cm³/mol. The molecule has 1 aromatic rings. The molecule has 29 heavy (non-hydrogen) atoms. The van der Waals surface area contributed by atoms with Crippen LogP contribution >= 0.6 is 12.4 Å². The van der Waals surface area contributed by atoms with Gasteiger partial charge in [0.25, 0.3) is 0 Å². The Morgan fingerprint density at radius 1 is 0.966 bits per heavy atom. The zero-order valence-corrected chi connectivity index (χ0v) is 20.0. The number of benzene rings is 1. The van der Waals surface area contributed by atoms with Gasteiger partial charge >= 0.3 is 0 Å². The average Bonchev–Trinajstić information content (AvgIpc) is 3.43. The van der Waals surface area contributed by atoms with Gasteiger partial charge in [0.05, 0.1) is 7.11 Å². The molecule has 3 fully saturated rings. The first-order valence-corrected chi connectivity index (χ1v) is 11.4. The van der Waals surface area contributed by atoms with E-state index in [1.54, 1.807) is 12.7 Å². The third-order valence-electron chi connectivity index (χ3n) is 7.16. The molecule has 4 rings (SSSR count). The number of ether oxygens (including phenoxy) is 1. The van der Waals surface area contributed by atoms with E-state index in [4.69, 9.17) is 4.74 Å². The minimum absolute atomic E-state index is 0. The van der Waals surface area contributed by atoms with Crippen LogP contribution in [0.3, 0.4) is 0 Å². The highest BCUT2D eigenvalue weighted by molar-refractivity contribution is 5.85. The summed E-state index contributed by atoms with van der Waals surface area (Å²) in [5, 5.41) is 0. The summed E-state index contributed by atoms with van der Waals surface area (Å²) in [5.41, 5.74) is 3.81. The molecule has 0 amide bonds. The predicted octanol–water partition coefficient (Wildman–Crippen LogP) is 5.97. The molecule has 1 saturated heterocycles. The molecule has 0 aromatic heterocycles. The van der Waals surface area contributed by atoms with Gasteiger partial charge in [0.15, 0.2) is 0 Å². The van der Waals surface area contributed by atoms with Crippen LogP contribution in [0, 0.1) is 16.7 Å². The van der Waals surface area contributed by atoms with E-state index in [-0.39, 0.29) is 12.4 Å². The van der Waals surface area contributed by atoms with Crippen molar-refractivity contribution < 1.29 is 4.74 Å². The molecule has 1 aliphatic heterocycles. The molecule has 0 spiro atoms. The fraction of sp³-hybridized carbons (Fsp3) is 0.760. The second kappa shape index (κ2) is 8.67. The number of halogens is 1. The smallest absolute Gasteiger partial charge is 0.120 e. The van der Waals surface area contributed by atoms with E-state index in [2.05, 4.69) is 55.7 Å². The maximum Gasteiger partial charge on any atom is 0.120 e. The minimum Gasteiger partial charge on any atom is -0.497 e. The first-order valence-electron chi connectivity index (χ1n) is 11.4. The number of hydrogen-bond donors (Lipinski definition) is 0. The summed E-state index contributed by atoms with van der Waals surface area (Å²) in [7, 11) is 1.79. The number of anilines is 1. The summed E-state index contributed by atoms with van der Waals surface area (Å²) < 4.78 is 5.61. The van der Waals surface area contributed by atoms with Crippen LogP contribution < -0.4 is 9.64 Å². The Balaban J connectivity index is 0.00000240. The average molecular weight is 421 g/mol. The fourth-order valence-corrected chi connectivity index (χ4v) is 6.17. The van der Waals surface area contributed by atoms with E-state index in [0.717, 1.165) is 24.8 Å². The topological polar surface area (TPSA) is 15.7 Å². The second-order valence-corrected chi connectivity index (χ2v) is 11.3. The molecule has 3 nitrogen and oxygen atoms in total. The van der Waals surface area contributed by atoms with Gasteiger partial charge in [-0.1, -0.05) is 33.8 Å². The lowest BCUT2D eigenvalue weighted by Gasteiger charge is -2.46. The van der Waals surface area contributed by atoms with Crippen molar-refractivity contribution in [2.24, 2.45) is 16.7 Å². The van der Waals surface area contributed by atoms with E-state index < -0.39 is 0 Å². The van der Waals surface area contributed by atoms with Gasteiger partial charge in [-0.25, -0.2) is 0 Å². The Bertz CT molecular complexity index is 674. The molecule has 0 radical (unpaired) electrons. The molecule has 3 aliphatic rings. The van der Waals surface area contributed by atoms with Crippen LogP contribution in [0.5, 0.6) is 5.75 Å². The van der Waals surface area contributed by atoms with Crippen molar-refractivity contribution >= 4 is 18.1 Å². The van der Waals surface area contributed by atoms with E-state index in [1.165, 1.54) is 57.4 Å². The largest absolute Gasteiger partial charge is 0.497 e. The second-order valence-electron chi connectivity index (χ2n) is 11.3. The Hall–Kier alpha value is -0.930. The molecule has 1 aromatic carbocycles. The third-order valence-corrected chi connectivity index (χ3v) is 7.16. The van der Waals surface area contributed by atoms with Crippen molar-refractivity contribution in [2.45, 2.75) is 65.7 Å². The van der Waals surface area contributed by atoms with Crippen LogP contribution in [0.1, 0.15) is 71.3 Å². The first-order chi connectivity index (χ1) is 13.2. The molecule has 2 saturated carbocycles. The molecule has 164 valence electrons. The molecule has 2 aliphatic carbocycles. The summed E-state index contributed by atoms with van der Waals surface area (Å²) in [6, 6.07) is 6.85. The molecular weight excluding hydrogens is 380 g/mol.